The van der Waals surface area contributed by atoms with Crippen molar-refractivity contribution in [2.75, 3.05) is 0 Å². The maximum Gasteiger partial charge on any atom is 0.151 e. The summed E-state index contributed by atoms with van der Waals surface area (Å²) in [6.45, 7) is 3.29. The summed E-state index contributed by atoms with van der Waals surface area (Å²) >= 11 is 0. The van der Waals surface area contributed by atoms with Crippen LogP contribution in [0.25, 0.3) is 22.4 Å². The molecule has 4 heteroatoms. The van der Waals surface area contributed by atoms with Crippen LogP contribution in [-0.2, 0) is 13.1 Å². The molecule has 2 aromatic carbocycles. The van der Waals surface area contributed by atoms with Gasteiger partial charge >= 0.3 is 0 Å². The third-order valence-corrected chi connectivity index (χ3v) is 3.49. The fourth-order valence-electron chi connectivity index (χ4n) is 2.44. The summed E-state index contributed by atoms with van der Waals surface area (Å²) in [7, 11) is 0. The van der Waals surface area contributed by atoms with Gasteiger partial charge in [0.15, 0.2) is 5.82 Å². The number of nitrogens with two attached hydrogens (primary N) is 1. The summed E-state index contributed by atoms with van der Waals surface area (Å²) in [5.41, 5.74) is 8.89. The van der Waals surface area contributed by atoms with Crippen LogP contribution in [0.4, 0.5) is 4.39 Å². The summed E-state index contributed by atoms with van der Waals surface area (Å²) < 4.78 is 15.9. The summed E-state index contributed by atoms with van der Waals surface area (Å²) in [4.78, 5) is 4.47. The number of nitrogens with zero attached hydrogens (tertiary/aromatic N) is 2. The highest BCUT2D eigenvalue weighted by Gasteiger charge is 2.13. The van der Waals surface area contributed by atoms with E-state index >= 15 is 0 Å². The van der Waals surface area contributed by atoms with E-state index in [-0.39, 0.29) is 5.82 Å². The lowest BCUT2D eigenvalue weighted by Crippen LogP contribution is -1.99. The largest absolute Gasteiger partial charge is 0.326 e. The van der Waals surface area contributed by atoms with Gasteiger partial charge in [0.1, 0.15) is 11.3 Å². The molecule has 0 aliphatic heterocycles. The van der Waals surface area contributed by atoms with E-state index in [1.165, 1.54) is 6.07 Å². The van der Waals surface area contributed by atoms with Gasteiger partial charge in [-0.3, -0.25) is 0 Å². The van der Waals surface area contributed by atoms with E-state index in [1.54, 1.807) is 6.07 Å². The Labute approximate surface area is 116 Å². The van der Waals surface area contributed by atoms with Crippen LogP contribution in [0, 0.1) is 5.82 Å². The van der Waals surface area contributed by atoms with Gasteiger partial charge in [0.25, 0.3) is 0 Å². The van der Waals surface area contributed by atoms with Crippen molar-refractivity contribution in [3.05, 3.63) is 53.8 Å². The Kier molecular flexibility index (Phi) is 3.24. The predicted molar refractivity (Wildman–Crippen MR) is 78.7 cm³/mol. The molecule has 0 radical (unpaired) electrons. The number of para-hydroxylation sites is 1. The predicted octanol–water partition coefficient (Wildman–Crippen LogP) is 3.32. The molecule has 0 amide bonds. The van der Waals surface area contributed by atoms with Gasteiger partial charge in [0, 0.05) is 18.7 Å². The average molecular weight is 269 g/mol. The Bertz CT molecular complexity index is 744. The number of benzene rings is 2. The van der Waals surface area contributed by atoms with E-state index in [1.807, 2.05) is 41.8 Å². The second-order valence-corrected chi connectivity index (χ2v) is 4.69. The Balaban J connectivity index is 2.21. The van der Waals surface area contributed by atoms with Crippen molar-refractivity contribution in [1.82, 2.24) is 9.55 Å². The number of fused-ring (bicyclic) bond motifs is 1. The second kappa shape index (κ2) is 5.06. The van der Waals surface area contributed by atoms with Crippen molar-refractivity contribution in [2.24, 2.45) is 5.73 Å². The minimum Gasteiger partial charge on any atom is -0.326 e. The smallest absolute Gasteiger partial charge is 0.151 e. The summed E-state index contributed by atoms with van der Waals surface area (Å²) in [6, 6.07) is 13.0. The molecule has 0 aliphatic carbocycles. The van der Waals surface area contributed by atoms with E-state index in [0.29, 0.717) is 12.1 Å². The normalized spacial score (nSPS) is 11.2. The molecular weight excluding hydrogens is 253 g/mol. The topological polar surface area (TPSA) is 43.8 Å². The lowest BCUT2D eigenvalue weighted by atomic mass is 10.1. The Hall–Kier alpha value is -2.20. The first-order valence-electron chi connectivity index (χ1n) is 6.68. The molecule has 0 aliphatic rings. The van der Waals surface area contributed by atoms with Crippen LogP contribution in [0.1, 0.15) is 12.5 Å². The lowest BCUT2D eigenvalue weighted by Gasteiger charge is -2.06. The molecule has 3 aromatic rings. The molecule has 3 nitrogen and oxygen atoms in total. The molecule has 0 saturated carbocycles. The fraction of sp³-hybridized carbons (Fsp3) is 0.188. The van der Waals surface area contributed by atoms with Gasteiger partial charge in [-0.25, -0.2) is 9.37 Å². The molecule has 3 rings (SSSR count). The van der Waals surface area contributed by atoms with E-state index in [0.717, 1.165) is 29.0 Å². The highest BCUT2D eigenvalue weighted by Crippen LogP contribution is 2.26. The standard InChI is InChI=1S/C16H16FN3/c1-2-20-14-5-3-4-13(17)15(14)19-16(20)12-8-6-11(10-18)7-9-12/h3-9H,2,10,18H2,1H3. The SMILES string of the molecule is CCn1c(-c2ccc(CN)cc2)nc2c(F)cccc21. The van der Waals surface area contributed by atoms with Gasteiger partial charge in [-0.05, 0) is 24.6 Å². The van der Waals surface area contributed by atoms with E-state index in [2.05, 4.69) is 4.98 Å². The zero-order valence-corrected chi connectivity index (χ0v) is 11.3. The quantitative estimate of drug-likeness (QED) is 0.792. The zero-order chi connectivity index (χ0) is 14.1. The Morgan fingerprint density at radius 2 is 1.90 bits per heavy atom. The molecule has 0 saturated heterocycles. The highest BCUT2D eigenvalue weighted by molar-refractivity contribution is 5.81. The fourth-order valence-corrected chi connectivity index (χ4v) is 2.44. The number of aryl methyl sites for hydroxylation is 1. The van der Waals surface area contributed by atoms with Crippen LogP contribution in [-0.4, -0.2) is 9.55 Å². The molecule has 20 heavy (non-hydrogen) atoms. The van der Waals surface area contributed by atoms with Crippen LogP contribution in [0.15, 0.2) is 42.5 Å². The van der Waals surface area contributed by atoms with Gasteiger partial charge in [-0.1, -0.05) is 30.3 Å². The maximum atomic E-state index is 13.9. The minimum atomic E-state index is -0.283. The molecule has 0 unspecified atom stereocenters. The molecule has 0 atom stereocenters. The van der Waals surface area contributed by atoms with Gasteiger partial charge in [0.2, 0.25) is 0 Å². The number of aromatic nitrogens is 2. The maximum absolute atomic E-state index is 13.9. The van der Waals surface area contributed by atoms with E-state index in [9.17, 15) is 4.39 Å². The van der Waals surface area contributed by atoms with Crippen molar-refractivity contribution >= 4 is 11.0 Å². The Morgan fingerprint density at radius 3 is 2.55 bits per heavy atom. The summed E-state index contributed by atoms with van der Waals surface area (Å²) in [5.74, 6) is 0.505. The lowest BCUT2D eigenvalue weighted by molar-refractivity contribution is 0.637. The van der Waals surface area contributed by atoms with Gasteiger partial charge in [0.05, 0.1) is 5.52 Å². The molecule has 1 aromatic heterocycles. The zero-order valence-electron chi connectivity index (χ0n) is 11.3. The molecule has 0 spiro atoms. The highest BCUT2D eigenvalue weighted by atomic mass is 19.1. The van der Waals surface area contributed by atoms with Crippen LogP contribution in [0.3, 0.4) is 0 Å². The van der Waals surface area contributed by atoms with E-state index < -0.39 is 0 Å². The van der Waals surface area contributed by atoms with Gasteiger partial charge < -0.3 is 10.3 Å². The van der Waals surface area contributed by atoms with Crippen molar-refractivity contribution in [3.8, 4) is 11.4 Å². The molecule has 0 bridgehead atoms. The molecular formula is C16H16FN3. The van der Waals surface area contributed by atoms with Crippen LogP contribution in [0.5, 0.6) is 0 Å². The average Bonchev–Trinajstić information content (AvgIpc) is 2.87. The molecule has 1 heterocycles. The van der Waals surface area contributed by atoms with Crippen molar-refractivity contribution in [1.29, 1.82) is 0 Å². The van der Waals surface area contributed by atoms with Gasteiger partial charge in [-0.2, -0.15) is 0 Å². The number of rotatable bonds is 3. The number of imidazole rings is 1. The Morgan fingerprint density at radius 1 is 1.15 bits per heavy atom. The van der Waals surface area contributed by atoms with Crippen molar-refractivity contribution < 1.29 is 4.39 Å². The number of hydrogen-bond acceptors (Lipinski definition) is 2. The number of hydrogen-bond donors (Lipinski definition) is 1. The molecule has 0 fully saturated rings. The second-order valence-electron chi connectivity index (χ2n) is 4.69. The third kappa shape index (κ3) is 1.98. The van der Waals surface area contributed by atoms with Gasteiger partial charge in [-0.15, -0.1) is 0 Å². The third-order valence-electron chi connectivity index (χ3n) is 3.49. The van der Waals surface area contributed by atoms with Crippen molar-refractivity contribution in [2.45, 2.75) is 20.0 Å². The monoisotopic (exact) mass is 269 g/mol. The molecule has 102 valence electrons. The first-order valence-corrected chi connectivity index (χ1v) is 6.68. The minimum absolute atomic E-state index is 0.283. The van der Waals surface area contributed by atoms with Crippen molar-refractivity contribution in [3.63, 3.8) is 0 Å². The van der Waals surface area contributed by atoms with Crippen LogP contribution in [0.2, 0.25) is 0 Å². The first-order chi connectivity index (χ1) is 9.74. The summed E-state index contributed by atoms with van der Waals surface area (Å²) in [6.07, 6.45) is 0. The van der Waals surface area contributed by atoms with E-state index in [4.69, 9.17) is 5.73 Å². The van der Waals surface area contributed by atoms with Crippen LogP contribution >= 0.6 is 0 Å². The first kappa shape index (κ1) is 12.8. The number of halogens is 1. The summed E-state index contributed by atoms with van der Waals surface area (Å²) in [5, 5.41) is 0. The molecule has 2 N–H and O–H groups in total. The van der Waals surface area contributed by atoms with Crippen LogP contribution < -0.4 is 5.73 Å².